The van der Waals surface area contributed by atoms with Gasteiger partial charge in [0.15, 0.2) is 0 Å². The number of carbonyl (C=O) groups is 2. The van der Waals surface area contributed by atoms with Crippen molar-refractivity contribution >= 4 is 34.9 Å². The minimum atomic E-state index is -0.657. The Morgan fingerprint density at radius 1 is 1.07 bits per heavy atom. The third kappa shape index (κ3) is 5.54. The number of halogens is 1. The first kappa shape index (κ1) is 20.8. The SMILES string of the molecule is COc1ccc(NC(=O)[C@H](C)NC(=O)N2CCN(c3cccc(Cl)c3)CC2)cc1. The van der Waals surface area contributed by atoms with Crippen molar-refractivity contribution in [3.05, 3.63) is 53.6 Å². The van der Waals surface area contributed by atoms with E-state index in [-0.39, 0.29) is 11.9 Å². The van der Waals surface area contributed by atoms with Gasteiger partial charge in [0.25, 0.3) is 0 Å². The minimum absolute atomic E-state index is 0.242. The number of piperazine rings is 1. The van der Waals surface area contributed by atoms with Crippen LogP contribution in [0.2, 0.25) is 5.02 Å². The molecule has 8 heteroatoms. The topological polar surface area (TPSA) is 73.9 Å². The number of hydrogen-bond donors (Lipinski definition) is 2. The van der Waals surface area contributed by atoms with E-state index >= 15 is 0 Å². The molecule has 29 heavy (non-hydrogen) atoms. The molecule has 3 amide bonds. The van der Waals surface area contributed by atoms with E-state index in [9.17, 15) is 9.59 Å². The van der Waals surface area contributed by atoms with E-state index in [1.807, 2.05) is 24.3 Å². The monoisotopic (exact) mass is 416 g/mol. The highest BCUT2D eigenvalue weighted by molar-refractivity contribution is 6.30. The minimum Gasteiger partial charge on any atom is -0.497 e. The van der Waals surface area contributed by atoms with Crippen LogP contribution in [-0.2, 0) is 4.79 Å². The van der Waals surface area contributed by atoms with Gasteiger partial charge in [-0.3, -0.25) is 4.79 Å². The van der Waals surface area contributed by atoms with Gasteiger partial charge in [0.05, 0.1) is 7.11 Å². The molecule has 2 aromatic carbocycles. The van der Waals surface area contributed by atoms with Crippen molar-refractivity contribution in [2.75, 3.05) is 43.5 Å². The van der Waals surface area contributed by atoms with Crippen LogP contribution in [0.4, 0.5) is 16.2 Å². The molecule has 3 rings (SSSR count). The summed E-state index contributed by atoms with van der Waals surface area (Å²) in [7, 11) is 1.58. The smallest absolute Gasteiger partial charge is 0.318 e. The van der Waals surface area contributed by atoms with Crippen LogP contribution < -0.4 is 20.3 Å². The molecule has 1 fully saturated rings. The van der Waals surface area contributed by atoms with Crippen molar-refractivity contribution in [3.63, 3.8) is 0 Å². The lowest BCUT2D eigenvalue weighted by Gasteiger charge is -2.36. The fraction of sp³-hybridized carbons (Fsp3) is 0.333. The predicted molar refractivity (Wildman–Crippen MR) is 115 cm³/mol. The van der Waals surface area contributed by atoms with Crippen molar-refractivity contribution in [1.29, 1.82) is 0 Å². The number of anilines is 2. The molecule has 0 radical (unpaired) electrons. The van der Waals surface area contributed by atoms with Gasteiger partial charge >= 0.3 is 6.03 Å². The van der Waals surface area contributed by atoms with Crippen LogP contribution in [0, 0.1) is 0 Å². The molecule has 154 valence electrons. The van der Waals surface area contributed by atoms with E-state index in [4.69, 9.17) is 16.3 Å². The number of ether oxygens (including phenoxy) is 1. The number of rotatable bonds is 5. The van der Waals surface area contributed by atoms with Crippen molar-refractivity contribution in [2.45, 2.75) is 13.0 Å². The summed E-state index contributed by atoms with van der Waals surface area (Å²) >= 11 is 6.06. The average molecular weight is 417 g/mol. The maximum atomic E-state index is 12.5. The van der Waals surface area contributed by atoms with Gasteiger partial charge in [-0.15, -0.1) is 0 Å². The second-order valence-electron chi connectivity index (χ2n) is 6.84. The highest BCUT2D eigenvalue weighted by Crippen LogP contribution is 2.21. The first-order valence-corrected chi connectivity index (χ1v) is 9.85. The van der Waals surface area contributed by atoms with Crippen molar-refractivity contribution in [1.82, 2.24) is 10.2 Å². The quantitative estimate of drug-likeness (QED) is 0.784. The van der Waals surface area contributed by atoms with Crippen molar-refractivity contribution < 1.29 is 14.3 Å². The number of nitrogens with one attached hydrogen (secondary N) is 2. The lowest BCUT2D eigenvalue weighted by Crippen LogP contribution is -2.54. The zero-order chi connectivity index (χ0) is 20.8. The van der Waals surface area contributed by atoms with Crippen LogP contribution in [0.3, 0.4) is 0 Å². The van der Waals surface area contributed by atoms with E-state index in [0.29, 0.717) is 42.6 Å². The summed E-state index contributed by atoms with van der Waals surface area (Å²) in [5, 5.41) is 6.25. The molecule has 2 N–H and O–H groups in total. The van der Waals surface area contributed by atoms with Crippen molar-refractivity contribution in [2.24, 2.45) is 0 Å². The van der Waals surface area contributed by atoms with Crippen LogP contribution >= 0.6 is 11.6 Å². The summed E-state index contributed by atoms with van der Waals surface area (Å²) in [6, 6.07) is 13.8. The average Bonchev–Trinajstić information content (AvgIpc) is 2.74. The van der Waals surface area contributed by atoms with Gasteiger partial charge in [-0.25, -0.2) is 4.79 Å². The Bertz CT molecular complexity index is 851. The zero-order valence-electron chi connectivity index (χ0n) is 16.5. The Labute approximate surface area is 175 Å². The Morgan fingerprint density at radius 3 is 2.38 bits per heavy atom. The van der Waals surface area contributed by atoms with Gasteiger partial charge in [-0.1, -0.05) is 17.7 Å². The number of methoxy groups -OCH3 is 1. The van der Waals surface area contributed by atoms with Gasteiger partial charge < -0.3 is 25.2 Å². The van der Waals surface area contributed by atoms with Gasteiger partial charge in [-0.2, -0.15) is 0 Å². The predicted octanol–water partition coefficient (Wildman–Crippen LogP) is 3.21. The van der Waals surface area contributed by atoms with Crippen molar-refractivity contribution in [3.8, 4) is 5.75 Å². The lowest BCUT2D eigenvalue weighted by molar-refractivity contribution is -0.117. The zero-order valence-corrected chi connectivity index (χ0v) is 17.3. The molecule has 1 aliphatic rings. The molecule has 0 spiro atoms. The summed E-state index contributed by atoms with van der Waals surface area (Å²) in [6.07, 6.45) is 0. The molecule has 2 aromatic rings. The molecule has 0 saturated carbocycles. The second-order valence-corrected chi connectivity index (χ2v) is 7.28. The highest BCUT2D eigenvalue weighted by atomic mass is 35.5. The summed E-state index contributed by atoms with van der Waals surface area (Å²) in [5.41, 5.74) is 1.69. The fourth-order valence-corrected chi connectivity index (χ4v) is 3.29. The molecule has 0 bridgehead atoms. The molecule has 1 saturated heterocycles. The van der Waals surface area contributed by atoms with Gasteiger partial charge in [0, 0.05) is 42.6 Å². The molecule has 7 nitrogen and oxygen atoms in total. The molecule has 1 atom stereocenters. The van der Waals surface area contributed by atoms with Gasteiger partial charge in [0.1, 0.15) is 11.8 Å². The first-order chi connectivity index (χ1) is 14.0. The molecule has 1 heterocycles. The number of benzene rings is 2. The maximum absolute atomic E-state index is 12.5. The lowest BCUT2D eigenvalue weighted by atomic mass is 10.2. The van der Waals surface area contributed by atoms with E-state index in [1.54, 1.807) is 43.2 Å². The van der Waals surface area contributed by atoms with E-state index in [2.05, 4.69) is 15.5 Å². The summed E-state index contributed by atoms with van der Waals surface area (Å²) in [5.74, 6) is 0.433. The molecule has 0 aliphatic carbocycles. The fourth-order valence-electron chi connectivity index (χ4n) is 3.11. The Hall–Kier alpha value is -2.93. The van der Waals surface area contributed by atoms with Crippen LogP contribution in [0.25, 0.3) is 0 Å². The van der Waals surface area contributed by atoms with Crippen LogP contribution in [0.5, 0.6) is 5.75 Å². The van der Waals surface area contributed by atoms with Crippen LogP contribution in [0.15, 0.2) is 48.5 Å². The number of carbonyl (C=O) groups excluding carboxylic acids is 2. The Balaban J connectivity index is 1.47. The summed E-state index contributed by atoms with van der Waals surface area (Å²) in [4.78, 5) is 28.8. The molecular formula is C21H25ClN4O3. The maximum Gasteiger partial charge on any atom is 0.318 e. The standard InChI is InChI=1S/C21H25ClN4O3/c1-15(20(27)24-17-6-8-19(29-2)9-7-17)23-21(28)26-12-10-25(11-13-26)18-5-3-4-16(22)14-18/h3-9,14-15H,10-13H2,1-2H3,(H,23,28)(H,24,27)/t15-/m0/s1. The third-order valence-corrected chi connectivity index (χ3v) is 5.07. The number of urea groups is 1. The Kier molecular flexibility index (Phi) is 6.82. The van der Waals surface area contributed by atoms with Crippen LogP contribution in [0.1, 0.15) is 6.92 Å². The molecular weight excluding hydrogens is 392 g/mol. The normalized spacial score (nSPS) is 14.9. The first-order valence-electron chi connectivity index (χ1n) is 9.47. The molecule has 1 aliphatic heterocycles. The number of nitrogens with zero attached hydrogens (tertiary/aromatic N) is 2. The Morgan fingerprint density at radius 2 is 1.76 bits per heavy atom. The largest absolute Gasteiger partial charge is 0.497 e. The van der Waals surface area contributed by atoms with E-state index < -0.39 is 6.04 Å². The van der Waals surface area contributed by atoms with Crippen LogP contribution in [-0.4, -0.2) is 56.2 Å². The second kappa shape index (κ2) is 9.52. The number of amides is 3. The van der Waals surface area contributed by atoms with E-state index in [0.717, 1.165) is 5.69 Å². The molecule has 0 unspecified atom stereocenters. The summed E-state index contributed by atoms with van der Waals surface area (Å²) < 4.78 is 5.10. The van der Waals surface area contributed by atoms with Gasteiger partial charge in [-0.05, 0) is 49.4 Å². The molecule has 0 aromatic heterocycles. The van der Waals surface area contributed by atoms with Gasteiger partial charge in [0.2, 0.25) is 5.91 Å². The number of hydrogen-bond acceptors (Lipinski definition) is 4. The summed E-state index contributed by atoms with van der Waals surface area (Å²) in [6.45, 7) is 4.23. The highest BCUT2D eigenvalue weighted by Gasteiger charge is 2.24. The third-order valence-electron chi connectivity index (χ3n) is 4.83. The van der Waals surface area contributed by atoms with E-state index in [1.165, 1.54) is 0 Å².